The predicted octanol–water partition coefficient (Wildman–Crippen LogP) is 5.64. The minimum Gasteiger partial charge on any atom is -0.489 e. The molecule has 1 saturated heterocycles. The van der Waals surface area contributed by atoms with Crippen LogP contribution in [0, 0.1) is 5.82 Å². The number of alkyl halides is 3. The zero-order valence-corrected chi connectivity index (χ0v) is 21.8. The first-order valence-electron chi connectivity index (χ1n) is 12.4. The highest BCUT2D eigenvalue weighted by Crippen LogP contribution is 2.32. The third-order valence-corrected chi connectivity index (χ3v) is 8.37. The van der Waals surface area contributed by atoms with Crippen LogP contribution in [0.2, 0.25) is 0 Å². The number of fused-ring (bicyclic) bond motifs is 1. The molecular weight excluding hydrogens is 552 g/mol. The van der Waals surface area contributed by atoms with Gasteiger partial charge in [0, 0.05) is 19.2 Å². The molecule has 0 bridgehead atoms. The van der Waals surface area contributed by atoms with Gasteiger partial charge in [0.05, 0.1) is 10.9 Å². The van der Waals surface area contributed by atoms with Gasteiger partial charge < -0.3 is 14.5 Å². The molecule has 40 heavy (non-hydrogen) atoms. The number of carbonyl (C=O) groups excluding carboxylic acids is 1. The number of sulfonamides is 1. The number of furan rings is 1. The molecule has 0 saturated carbocycles. The van der Waals surface area contributed by atoms with Crippen LogP contribution in [-0.2, 0) is 34.1 Å². The lowest BCUT2D eigenvalue weighted by Gasteiger charge is -2.22. The second-order valence-electron chi connectivity index (χ2n) is 9.34. The van der Waals surface area contributed by atoms with Gasteiger partial charge in [-0.1, -0.05) is 30.3 Å². The summed E-state index contributed by atoms with van der Waals surface area (Å²) in [5.41, 5.74) is 0.591. The van der Waals surface area contributed by atoms with Crippen molar-refractivity contribution < 1.29 is 39.9 Å². The standard InChI is InChI=1S/C28H24F4N2O5S/c29-23-6-2-8-25-22(23)15-26(39-25)40(36,37)34-13-3-7-24(34)27(35)33-16-19-4-1-5-21(14-19)38-17-18-9-11-20(12-10-18)28(30,31)32/h1-2,4-6,8-12,14-15,24H,3,7,13,16-17H2,(H,33,35)/t24-/m0/s1. The topological polar surface area (TPSA) is 88.9 Å². The second kappa shape index (κ2) is 10.9. The Morgan fingerprint density at radius 3 is 2.50 bits per heavy atom. The molecule has 12 heteroatoms. The molecule has 1 aromatic heterocycles. The molecule has 1 N–H and O–H groups in total. The van der Waals surface area contributed by atoms with Gasteiger partial charge in [-0.3, -0.25) is 4.79 Å². The molecule has 1 amide bonds. The Bertz CT molecular complexity index is 1630. The quantitative estimate of drug-likeness (QED) is 0.275. The van der Waals surface area contributed by atoms with Gasteiger partial charge in [0.15, 0.2) is 0 Å². The van der Waals surface area contributed by atoms with Crippen LogP contribution in [-0.4, -0.2) is 31.2 Å². The van der Waals surface area contributed by atoms with E-state index in [9.17, 15) is 30.8 Å². The van der Waals surface area contributed by atoms with E-state index in [2.05, 4.69) is 5.32 Å². The number of ether oxygens (including phenoxy) is 1. The molecule has 3 aromatic carbocycles. The van der Waals surface area contributed by atoms with Crippen LogP contribution in [0.25, 0.3) is 11.0 Å². The van der Waals surface area contributed by atoms with Gasteiger partial charge in [0.25, 0.3) is 10.0 Å². The molecule has 0 aliphatic carbocycles. The lowest BCUT2D eigenvalue weighted by Crippen LogP contribution is -2.45. The molecule has 2 heterocycles. The first-order valence-corrected chi connectivity index (χ1v) is 13.8. The summed E-state index contributed by atoms with van der Waals surface area (Å²) in [5, 5.41) is 2.37. The Hall–Kier alpha value is -3.90. The van der Waals surface area contributed by atoms with Crippen LogP contribution in [0.3, 0.4) is 0 Å². The number of benzene rings is 3. The summed E-state index contributed by atoms with van der Waals surface area (Å²) in [6.07, 6.45) is -3.63. The minimum absolute atomic E-state index is 0.0432. The van der Waals surface area contributed by atoms with E-state index in [4.69, 9.17) is 9.15 Å². The van der Waals surface area contributed by atoms with Gasteiger partial charge in [0.1, 0.15) is 29.8 Å². The summed E-state index contributed by atoms with van der Waals surface area (Å²) in [5.74, 6) is -0.641. The summed E-state index contributed by atoms with van der Waals surface area (Å²) in [6.45, 7) is 0.262. The lowest BCUT2D eigenvalue weighted by atomic mass is 10.1. The van der Waals surface area contributed by atoms with Crippen molar-refractivity contribution in [3.8, 4) is 5.75 Å². The number of nitrogens with zero attached hydrogens (tertiary/aromatic N) is 1. The van der Waals surface area contributed by atoms with Crippen molar-refractivity contribution in [2.75, 3.05) is 6.54 Å². The van der Waals surface area contributed by atoms with Crippen molar-refractivity contribution in [3.05, 3.63) is 95.3 Å². The van der Waals surface area contributed by atoms with Crippen molar-refractivity contribution in [1.29, 1.82) is 0 Å². The highest BCUT2D eigenvalue weighted by Gasteiger charge is 2.41. The first-order chi connectivity index (χ1) is 19.0. The maximum Gasteiger partial charge on any atom is 0.416 e. The van der Waals surface area contributed by atoms with E-state index in [-0.39, 0.29) is 30.7 Å². The van der Waals surface area contributed by atoms with Crippen LogP contribution in [0.5, 0.6) is 5.75 Å². The third kappa shape index (κ3) is 5.82. The molecule has 5 rings (SSSR count). The Balaban J connectivity index is 1.21. The van der Waals surface area contributed by atoms with E-state index in [0.29, 0.717) is 29.7 Å². The first kappa shape index (κ1) is 27.7. The number of hydrogen-bond donors (Lipinski definition) is 1. The average Bonchev–Trinajstić information content (AvgIpc) is 3.60. The van der Waals surface area contributed by atoms with Crippen LogP contribution in [0.4, 0.5) is 17.6 Å². The fourth-order valence-corrected chi connectivity index (χ4v) is 6.14. The van der Waals surface area contributed by atoms with E-state index in [0.717, 1.165) is 22.5 Å². The maximum absolute atomic E-state index is 14.1. The minimum atomic E-state index is -4.41. The SMILES string of the molecule is O=C(NCc1cccc(OCc2ccc(C(F)(F)F)cc2)c1)[C@@H]1CCCN1S(=O)(=O)c1cc2c(F)cccc2o1. The third-order valence-electron chi connectivity index (χ3n) is 6.61. The zero-order chi connectivity index (χ0) is 28.5. The lowest BCUT2D eigenvalue weighted by molar-refractivity contribution is -0.137. The van der Waals surface area contributed by atoms with Crippen LogP contribution in [0.15, 0.2) is 82.3 Å². The fourth-order valence-electron chi connectivity index (χ4n) is 4.54. The summed E-state index contributed by atoms with van der Waals surface area (Å²) in [7, 11) is -4.19. The van der Waals surface area contributed by atoms with Gasteiger partial charge in [-0.05, 0) is 60.4 Å². The normalized spacial score (nSPS) is 16.4. The number of carbonyl (C=O) groups is 1. The number of nitrogens with one attached hydrogen (secondary N) is 1. The van der Waals surface area contributed by atoms with E-state index in [1.807, 2.05) is 0 Å². The summed E-state index contributed by atoms with van der Waals surface area (Å²) in [4.78, 5) is 13.0. The second-order valence-corrected chi connectivity index (χ2v) is 11.2. The van der Waals surface area contributed by atoms with E-state index < -0.39 is 44.6 Å². The summed E-state index contributed by atoms with van der Waals surface area (Å²) >= 11 is 0. The van der Waals surface area contributed by atoms with Crippen molar-refractivity contribution in [2.45, 2.75) is 43.3 Å². The monoisotopic (exact) mass is 576 g/mol. The molecule has 0 unspecified atom stereocenters. The van der Waals surface area contributed by atoms with Gasteiger partial charge in [-0.15, -0.1) is 0 Å². The molecule has 1 aliphatic heterocycles. The number of halogens is 4. The Labute approximate surface area is 227 Å². The van der Waals surface area contributed by atoms with Gasteiger partial charge in [0.2, 0.25) is 11.0 Å². The molecule has 7 nitrogen and oxygen atoms in total. The number of hydrogen-bond acceptors (Lipinski definition) is 5. The maximum atomic E-state index is 14.1. The molecule has 1 atom stereocenters. The van der Waals surface area contributed by atoms with Crippen molar-refractivity contribution in [3.63, 3.8) is 0 Å². The van der Waals surface area contributed by atoms with E-state index >= 15 is 0 Å². The molecular formula is C28H24F4N2O5S. The van der Waals surface area contributed by atoms with Gasteiger partial charge in [-0.25, -0.2) is 12.8 Å². The highest BCUT2D eigenvalue weighted by atomic mass is 32.2. The van der Waals surface area contributed by atoms with Crippen molar-refractivity contribution in [2.24, 2.45) is 0 Å². The van der Waals surface area contributed by atoms with Gasteiger partial charge >= 0.3 is 6.18 Å². The van der Waals surface area contributed by atoms with E-state index in [1.165, 1.54) is 30.3 Å². The van der Waals surface area contributed by atoms with E-state index in [1.54, 1.807) is 24.3 Å². The Morgan fingerprint density at radius 1 is 1.02 bits per heavy atom. The molecule has 210 valence electrons. The van der Waals surface area contributed by atoms with Crippen LogP contribution >= 0.6 is 0 Å². The largest absolute Gasteiger partial charge is 0.489 e. The smallest absolute Gasteiger partial charge is 0.416 e. The molecule has 4 aromatic rings. The molecule has 1 fully saturated rings. The summed E-state index contributed by atoms with van der Waals surface area (Å²) < 4.78 is 91.0. The number of rotatable bonds is 8. The van der Waals surface area contributed by atoms with Gasteiger partial charge in [-0.2, -0.15) is 17.5 Å². The predicted molar refractivity (Wildman–Crippen MR) is 137 cm³/mol. The number of amides is 1. The fraction of sp³-hybridized carbons (Fsp3) is 0.250. The van der Waals surface area contributed by atoms with Crippen LogP contribution in [0.1, 0.15) is 29.5 Å². The highest BCUT2D eigenvalue weighted by molar-refractivity contribution is 7.89. The van der Waals surface area contributed by atoms with Crippen molar-refractivity contribution in [1.82, 2.24) is 9.62 Å². The average molecular weight is 577 g/mol. The molecule has 0 spiro atoms. The molecule has 1 aliphatic rings. The van der Waals surface area contributed by atoms with Crippen LogP contribution < -0.4 is 10.1 Å². The summed E-state index contributed by atoms with van der Waals surface area (Å²) in [6, 6.07) is 15.7. The Morgan fingerprint density at radius 2 is 1.77 bits per heavy atom. The molecule has 0 radical (unpaired) electrons. The zero-order valence-electron chi connectivity index (χ0n) is 20.9. The van der Waals surface area contributed by atoms with Crippen molar-refractivity contribution >= 4 is 26.9 Å². The Kier molecular flexibility index (Phi) is 7.56.